The third-order valence-corrected chi connectivity index (χ3v) is 3.94. The van der Waals surface area contributed by atoms with E-state index >= 15 is 0 Å². The van der Waals surface area contributed by atoms with Gasteiger partial charge >= 0.3 is 6.01 Å². The van der Waals surface area contributed by atoms with Crippen LogP contribution in [0.15, 0.2) is 6.07 Å². The lowest BCUT2D eigenvalue weighted by Gasteiger charge is -2.48. The Morgan fingerprint density at radius 1 is 1.29 bits per heavy atom. The van der Waals surface area contributed by atoms with E-state index in [0.717, 1.165) is 37.6 Å². The summed E-state index contributed by atoms with van der Waals surface area (Å²) in [4.78, 5) is 11.0. The van der Waals surface area contributed by atoms with E-state index in [1.165, 1.54) is 0 Å². The minimum Gasteiger partial charge on any atom is -0.467 e. The lowest BCUT2D eigenvalue weighted by atomic mass is 9.95. The van der Waals surface area contributed by atoms with Gasteiger partial charge in [0, 0.05) is 31.3 Å². The third kappa shape index (κ3) is 2.96. The molecule has 1 aromatic rings. The van der Waals surface area contributed by atoms with Gasteiger partial charge in [-0.15, -0.1) is 0 Å². The van der Waals surface area contributed by atoms with E-state index in [0.29, 0.717) is 12.6 Å². The minimum absolute atomic E-state index is 0.228. The molecule has 6 heteroatoms. The second-order valence-electron chi connectivity index (χ2n) is 6.56. The van der Waals surface area contributed by atoms with E-state index in [1.54, 1.807) is 7.11 Å². The van der Waals surface area contributed by atoms with Gasteiger partial charge in [0.25, 0.3) is 0 Å². The molecule has 0 amide bonds. The maximum Gasteiger partial charge on any atom is 0.318 e. The summed E-state index contributed by atoms with van der Waals surface area (Å²) in [5, 5.41) is 0. The van der Waals surface area contributed by atoms with Crippen molar-refractivity contribution in [3.05, 3.63) is 11.8 Å². The molecule has 1 atom stereocenters. The van der Waals surface area contributed by atoms with Gasteiger partial charge in [0.1, 0.15) is 11.4 Å². The van der Waals surface area contributed by atoms with E-state index in [4.69, 9.17) is 14.2 Å². The van der Waals surface area contributed by atoms with Gasteiger partial charge in [-0.1, -0.05) is 0 Å². The van der Waals surface area contributed by atoms with Gasteiger partial charge in [-0.2, -0.15) is 4.98 Å². The van der Waals surface area contributed by atoms with Crippen LogP contribution in [-0.4, -0.2) is 54.6 Å². The van der Waals surface area contributed by atoms with Crippen LogP contribution >= 0.6 is 0 Å². The summed E-state index contributed by atoms with van der Waals surface area (Å²) in [5.74, 6) is 0.891. The van der Waals surface area contributed by atoms with Crippen LogP contribution in [0.1, 0.15) is 26.0 Å². The molecule has 2 aliphatic rings. The standard InChI is InChI=1S/C15H23N3O3/c1-11-7-12(17-13(16-11)19-4)18-8-14(2,3)21-15(9-18)5-6-20-10-15/h7H,5-6,8-10H2,1-4H3. The molecular weight excluding hydrogens is 270 g/mol. The summed E-state index contributed by atoms with van der Waals surface area (Å²) in [6, 6.07) is 2.40. The minimum atomic E-state index is -0.238. The molecule has 3 rings (SSSR count). The van der Waals surface area contributed by atoms with Crippen LogP contribution < -0.4 is 9.64 Å². The highest BCUT2D eigenvalue weighted by Gasteiger charge is 2.47. The van der Waals surface area contributed by atoms with Crippen LogP contribution in [0, 0.1) is 6.92 Å². The number of nitrogens with zero attached hydrogens (tertiary/aromatic N) is 3. The fraction of sp³-hybridized carbons (Fsp3) is 0.733. The van der Waals surface area contributed by atoms with Gasteiger partial charge in [-0.25, -0.2) is 4.98 Å². The number of morpholine rings is 1. The zero-order valence-electron chi connectivity index (χ0n) is 13.2. The summed E-state index contributed by atoms with van der Waals surface area (Å²) in [5.41, 5.74) is 0.434. The Kier molecular flexibility index (Phi) is 3.53. The normalized spacial score (nSPS) is 28.1. The number of rotatable bonds is 2. The Balaban J connectivity index is 1.92. The SMILES string of the molecule is COc1nc(C)cc(N2CC(C)(C)OC3(CCOC3)C2)n1. The number of hydrogen-bond donors (Lipinski definition) is 0. The molecule has 0 radical (unpaired) electrons. The van der Waals surface area contributed by atoms with Crippen molar-refractivity contribution in [2.45, 2.75) is 38.4 Å². The van der Waals surface area contributed by atoms with Crippen molar-refractivity contribution < 1.29 is 14.2 Å². The number of anilines is 1. The zero-order chi connectivity index (χ0) is 15.1. The number of hydrogen-bond acceptors (Lipinski definition) is 6. The number of ether oxygens (including phenoxy) is 3. The first-order chi connectivity index (χ1) is 9.91. The van der Waals surface area contributed by atoms with Gasteiger partial charge in [-0.05, 0) is 20.8 Å². The molecule has 0 bridgehead atoms. The van der Waals surface area contributed by atoms with Gasteiger partial charge in [0.05, 0.1) is 25.9 Å². The zero-order valence-corrected chi connectivity index (χ0v) is 13.2. The molecule has 0 saturated carbocycles. The first-order valence-electron chi connectivity index (χ1n) is 7.34. The van der Waals surface area contributed by atoms with Crippen LogP contribution in [0.5, 0.6) is 6.01 Å². The Bertz CT molecular complexity index is 527. The molecule has 1 spiro atoms. The lowest BCUT2D eigenvalue weighted by molar-refractivity contribution is -0.151. The van der Waals surface area contributed by atoms with Crippen molar-refractivity contribution in [2.75, 3.05) is 38.3 Å². The van der Waals surface area contributed by atoms with E-state index in [-0.39, 0.29) is 11.2 Å². The average molecular weight is 293 g/mol. The molecule has 0 aliphatic carbocycles. The van der Waals surface area contributed by atoms with Crippen LogP contribution in [0.4, 0.5) is 5.82 Å². The van der Waals surface area contributed by atoms with Crippen molar-refractivity contribution in [3.63, 3.8) is 0 Å². The fourth-order valence-corrected chi connectivity index (χ4v) is 3.25. The third-order valence-electron chi connectivity index (χ3n) is 3.94. The molecule has 2 saturated heterocycles. The Morgan fingerprint density at radius 3 is 2.76 bits per heavy atom. The van der Waals surface area contributed by atoms with E-state index in [9.17, 15) is 0 Å². The van der Waals surface area contributed by atoms with Gasteiger partial charge in [0.2, 0.25) is 0 Å². The van der Waals surface area contributed by atoms with Crippen molar-refractivity contribution in [1.29, 1.82) is 0 Å². The second kappa shape index (κ2) is 5.10. The molecule has 1 aromatic heterocycles. The summed E-state index contributed by atoms with van der Waals surface area (Å²) in [6.07, 6.45) is 0.925. The van der Waals surface area contributed by atoms with Crippen LogP contribution in [0.25, 0.3) is 0 Å². The summed E-state index contributed by atoms with van der Waals surface area (Å²) < 4.78 is 17.1. The molecule has 3 heterocycles. The van der Waals surface area contributed by atoms with Gasteiger partial charge in [0.15, 0.2) is 0 Å². The van der Waals surface area contributed by atoms with E-state index in [2.05, 4.69) is 28.7 Å². The van der Waals surface area contributed by atoms with Crippen LogP contribution in [0.3, 0.4) is 0 Å². The molecule has 6 nitrogen and oxygen atoms in total. The maximum absolute atomic E-state index is 6.32. The topological polar surface area (TPSA) is 56.7 Å². The Labute approximate surface area is 125 Å². The summed E-state index contributed by atoms with van der Waals surface area (Å²) >= 11 is 0. The molecule has 116 valence electrons. The molecule has 1 unspecified atom stereocenters. The first kappa shape index (κ1) is 14.5. The van der Waals surface area contributed by atoms with E-state index < -0.39 is 0 Å². The summed E-state index contributed by atoms with van der Waals surface area (Å²) in [7, 11) is 1.59. The average Bonchev–Trinajstić information content (AvgIpc) is 2.83. The van der Waals surface area contributed by atoms with Crippen molar-refractivity contribution in [3.8, 4) is 6.01 Å². The van der Waals surface area contributed by atoms with Crippen LogP contribution in [0.2, 0.25) is 0 Å². The van der Waals surface area contributed by atoms with Gasteiger partial charge < -0.3 is 19.1 Å². The van der Waals surface area contributed by atoms with Crippen molar-refractivity contribution in [2.24, 2.45) is 0 Å². The molecule has 0 N–H and O–H groups in total. The highest BCUT2D eigenvalue weighted by Crippen LogP contribution is 2.36. The second-order valence-corrected chi connectivity index (χ2v) is 6.56. The Morgan fingerprint density at radius 2 is 2.10 bits per heavy atom. The highest BCUT2D eigenvalue weighted by molar-refractivity contribution is 5.42. The monoisotopic (exact) mass is 293 g/mol. The number of methoxy groups -OCH3 is 1. The fourth-order valence-electron chi connectivity index (χ4n) is 3.25. The van der Waals surface area contributed by atoms with Gasteiger partial charge in [-0.3, -0.25) is 0 Å². The summed E-state index contributed by atoms with van der Waals surface area (Å²) in [6.45, 7) is 9.16. The molecule has 2 fully saturated rings. The smallest absolute Gasteiger partial charge is 0.318 e. The van der Waals surface area contributed by atoms with Crippen molar-refractivity contribution >= 4 is 5.82 Å². The Hall–Kier alpha value is -1.40. The van der Waals surface area contributed by atoms with Crippen molar-refractivity contribution in [1.82, 2.24) is 9.97 Å². The molecule has 0 aromatic carbocycles. The first-order valence-corrected chi connectivity index (χ1v) is 7.34. The predicted octanol–water partition coefficient (Wildman–Crippen LogP) is 1.57. The molecular formula is C15H23N3O3. The van der Waals surface area contributed by atoms with E-state index in [1.807, 2.05) is 13.0 Å². The predicted molar refractivity (Wildman–Crippen MR) is 78.9 cm³/mol. The highest BCUT2D eigenvalue weighted by atomic mass is 16.6. The quantitative estimate of drug-likeness (QED) is 0.825. The largest absolute Gasteiger partial charge is 0.467 e. The number of aryl methyl sites for hydroxylation is 1. The van der Waals surface area contributed by atoms with Crippen LogP contribution in [-0.2, 0) is 9.47 Å². The number of aromatic nitrogens is 2. The molecule has 21 heavy (non-hydrogen) atoms. The lowest BCUT2D eigenvalue weighted by Crippen LogP contribution is -2.60. The molecule has 2 aliphatic heterocycles. The maximum atomic E-state index is 6.32.